The van der Waals surface area contributed by atoms with E-state index in [0.29, 0.717) is 0 Å². The average Bonchev–Trinajstić information content (AvgIpc) is 2.27. The molecule has 0 amide bonds. The minimum Gasteiger partial charge on any atom is -0.518 e. The van der Waals surface area contributed by atoms with Crippen molar-refractivity contribution in [3.63, 3.8) is 0 Å². The minimum atomic E-state index is -2.22. The molecule has 0 radical (unpaired) electrons. The second kappa shape index (κ2) is 8.62. The molecule has 0 bridgehead atoms. The molecule has 0 unspecified atom stereocenters. The van der Waals surface area contributed by atoms with E-state index in [-0.39, 0.29) is 0 Å². The number of carbonyl (C=O) groups excluding carboxylic acids is 2. The van der Waals surface area contributed by atoms with Gasteiger partial charge in [-0.15, -0.1) is 0 Å². The zero-order chi connectivity index (χ0) is 22.1. The van der Waals surface area contributed by atoms with Crippen molar-refractivity contribution in [1.29, 1.82) is 0 Å². The largest absolute Gasteiger partial charge is 0.518 e. The van der Waals surface area contributed by atoms with Gasteiger partial charge in [0.1, 0.15) is 0 Å². The fraction of sp³-hybridized carbons (Fsp3) is 0.882. The van der Waals surface area contributed by atoms with Crippen LogP contribution in [0.25, 0.3) is 0 Å². The molecule has 0 aromatic rings. The first-order valence-corrected chi connectivity index (χ1v) is 23.0. The van der Waals surface area contributed by atoms with Crippen molar-refractivity contribution >= 4 is 45.2 Å². The van der Waals surface area contributed by atoms with Gasteiger partial charge < -0.3 is 17.7 Å². The second-order valence-corrected chi connectivity index (χ2v) is 28.7. The molecule has 0 aromatic carbocycles. The Morgan fingerprint density at radius 2 is 1.07 bits per heavy atom. The van der Waals surface area contributed by atoms with E-state index < -0.39 is 56.9 Å². The van der Waals surface area contributed by atoms with Crippen LogP contribution in [-0.4, -0.2) is 56.9 Å². The van der Waals surface area contributed by atoms with Crippen molar-refractivity contribution < 1.29 is 27.3 Å². The van der Waals surface area contributed by atoms with Crippen LogP contribution in [0.2, 0.25) is 78.6 Å². The Morgan fingerprint density at radius 3 is 1.37 bits per heavy atom. The fourth-order valence-electron chi connectivity index (χ4n) is 2.31. The molecule has 160 valence electrons. The van der Waals surface area contributed by atoms with Gasteiger partial charge in [0.15, 0.2) is 28.3 Å². The molecule has 6 nitrogen and oxygen atoms in total. The Morgan fingerprint density at radius 1 is 0.667 bits per heavy atom. The normalized spacial score (nSPS) is 17.1. The third kappa shape index (κ3) is 10.7. The summed E-state index contributed by atoms with van der Waals surface area (Å²) in [6.07, 6.45) is -1.15. The van der Waals surface area contributed by atoms with E-state index in [0.717, 1.165) is 0 Å². The molecular formula is C17H40O6Si4. The molecule has 0 aliphatic heterocycles. The molecular weight excluding hydrogens is 413 g/mol. The van der Waals surface area contributed by atoms with E-state index in [1.54, 1.807) is 6.92 Å². The van der Waals surface area contributed by atoms with Crippen LogP contribution in [0, 0.1) is 0 Å². The summed E-state index contributed by atoms with van der Waals surface area (Å²) >= 11 is 0. The van der Waals surface area contributed by atoms with Crippen LogP contribution in [-0.2, 0) is 27.3 Å². The van der Waals surface area contributed by atoms with Crippen LogP contribution in [0.4, 0.5) is 0 Å². The van der Waals surface area contributed by atoms with E-state index in [9.17, 15) is 9.59 Å². The summed E-state index contributed by atoms with van der Waals surface area (Å²) in [5.41, 5.74) is -1.54. The van der Waals surface area contributed by atoms with E-state index in [1.165, 1.54) is 0 Å². The topological polar surface area (TPSA) is 71.1 Å². The summed E-state index contributed by atoms with van der Waals surface area (Å²) in [6, 6.07) is 0. The van der Waals surface area contributed by atoms with Gasteiger partial charge in [0.05, 0.1) is 0 Å². The van der Waals surface area contributed by atoms with Crippen molar-refractivity contribution in [2.75, 3.05) is 0 Å². The Balaban J connectivity index is 6.24. The lowest BCUT2D eigenvalue weighted by atomic mass is 10.00. The van der Waals surface area contributed by atoms with Gasteiger partial charge in [0.25, 0.3) is 0 Å². The second-order valence-electron chi connectivity index (χ2n) is 11.0. The number of carbonyl (C=O) groups is 2. The highest BCUT2D eigenvalue weighted by molar-refractivity contribution is 6.72. The molecule has 0 rings (SSSR count). The van der Waals surface area contributed by atoms with Gasteiger partial charge in [-0.3, -0.25) is 9.59 Å². The molecule has 10 heteroatoms. The molecule has 0 spiro atoms. The Bertz CT molecular complexity index is 540. The monoisotopic (exact) mass is 452 g/mol. The Labute approximate surface area is 169 Å². The highest BCUT2D eigenvalue weighted by atomic mass is 28.4. The molecule has 0 aliphatic carbocycles. The first-order chi connectivity index (χ1) is 11.6. The van der Waals surface area contributed by atoms with Crippen molar-refractivity contribution in [2.24, 2.45) is 0 Å². The molecule has 0 saturated carbocycles. The summed E-state index contributed by atoms with van der Waals surface area (Å²) in [7, 11) is -8.79. The van der Waals surface area contributed by atoms with E-state index in [2.05, 4.69) is 0 Å². The van der Waals surface area contributed by atoms with Gasteiger partial charge in [0, 0.05) is 0 Å². The van der Waals surface area contributed by atoms with Gasteiger partial charge in [0.2, 0.25) is 16.6 Å². The van der Waals surface area contributed by atoms with Crippen LogP contribution < -0.4 is 0 Å². The summed E-state index contributed by atoms with van der Waals surface area (Å²) in [6.45, 7) is 25.0. The van der Waals surface area contributed by atoms with Crippen molar-refractivity contribution in [2.45, 2.75) is 97.2 Å². The molecule has 0 aliphatic rings. The van der Waals surface area contributed by atoms with Gasteiger partial charge in [-0.25, -0.2) is 0 Å². The van der Waals surface area contributed by atoms with E-state index in [4.69, 9.17) is 17.7 Å². The third-order valence-corrected chi connectivity index (χ3v) is 6.51. The van der Waals surface area contributed by atoms with Crippen LogP contribution in [0.3, 0.4) is 0 Å². The van der Waals surface area contributed by atoms with E-state index in [1.807, 2.05) is 78.6 Å². The summed E-state index contributed by atoms with van der Waals surface area (Å²) in [5.74, 6) is -1.08. The molecule has 0 heterocycles. The molecule has 0 saturated heterocycles. The quantitative estimate of drug-likeness (QED) is 0.477. The standard InChI is InChI=1S/C17H40O6Si4/c1-17(23-27(11,12)13,16(19)22-26(8,9)10)14(20-24(2,3)4)15(18)21-25(5,6)7/h14H,1-13H3/t14-,17-/m0/s1. The summed E-state index contributed by atoms with van der Waals surface area (Å²) in [4.78, 5) is 26.3. The van der Waals surface area contributed by atoms with Crippen LogP contribution in [0.5, 0.6) is 0 Å². The molecule has 0 N–H and O–H groups in total. The third-order valence-electron chi connectivity index (χ3n) is 2.91. The molecule has 0 fully saturated rings. The Hall–Kier alpha value is -0.272. The lowest BCUT2D eigenvalue weighted by molar-refractivity contribution is -0.173. The maximum atomic E-state index is 13.2. The number of hydrogen-bond acceptors (Lipinski definition) is 6. The summed E-state index contributed by atoms with van der Waals surface area (Å²) < 4.78 is 23.9. The first kappa shape index (κ1) is 26.7. The zero-order valence-corrected chi connectivity index (χ0v) is 23.5. The van der Waals surface area contributed by atoms with Gasteiger partial charge >= 0.3 is 11.9 Å². The SMILES string of the molecule is C[C@@](O[Si](C)(C)C)(C(=O)O[Si](C)(C)C)[C@@H](O[Si](C)(C)C)C(=O)O[Si](C)(C)C. The van der Waals surface area contributed by atoms with Crippen molar-refractivity contribution in [3.8, 4) is 0 Å². The van der Waals surface area contributed by atoms with Crippen molar-refractivity contribution in [1.82, 2.24) is 0 Å². The van der Waals surface area contributed by atoms with Gasteiger partial charge in [-0.05, 0) is 85.5 Å². The summed E-state index contributed by atoms with van der Waals surface area (Å²) in [5, 5.41) is 0. The smallest absolute Gasteiger partial charge is 0.327 e. The zero-order valence-electron chi connectivity index (χ0n) is 19.5. The van der Waals surface area contributed by atoms with Crippen LogP contribution >= 0.6 is 0 Å². The van der Waals surface area contributed by atoms with Crippen LogP contribution in [0.15, 0.2) is 0 Å². The van der Waals surface area contributed by atoms with E-state index >= 15 is 0 Å². The number of hydrogen-bond donors (Lipinski definition) is 0. The highest BCUT2D eigenvalue weighted by Gasteiger charge is 2.54. The van der Waals surface area contributed by atoms with Gasteiger partial charge in [-0.2, -0.15) is 0 Å². The van der Waals surface area contributed by atoms with Crippen LogP contribution in [0.1, 0.15) is 6.92 Å². The van der Waals surface area contributed by atoms with Crippen molar-refractivity contribution in [3.05, 3.63) is 0 Å². The maximum absolute atomic E-state index is 13.2. The Kier molecular flexibility index (Phi) is 8.53. The maximum Gasteiger partial charge on any atom is 0.327 e. The molecule has 27 heavy (non-hydrogen) atoms. The lowest BCUT2D eigenvalue weighted by Crippen LogP contribution is -2.62. The fourth-order valence-corrected chi connectivity index (χ4v) is 6.27. The predicted molar refractivity (Wildman–Crippen MR) is 120 cm³/mol. The lowest BCUT2D eigenvalue weighted by Gasteiger charge is -2.42. The number of rotatable bonds is 9. The molecule has 0 aromatic heterocycles. The average molecular weight is 453 g/mol. The highest BCUT2D eigenvalue weighted by Crippen LogP contribution is 2.30. The predicted octanol–water partition coefficient (Wildman–Crippen LogP) is 4.57. The minimum absolute atomic E-state index is 0.537. The first-order valence-electron chi connectivity index (χ1n) is 9.40. The molecule has 2 atom stereocenters. The van der Waals surface area contributed by atoms with Gasteiger partial charge in [-0.1, -0.05) is 0 Å².